The SMILES string of the molecule is COc1cc(Cl)c(C)cc1NC(=O)c1cnc2c(c1)N(C)C(=O)CN2. The second-order valence-electron chi connectivity index (χ2n) is 5.65. The molecule has 0 saturated carbocycles. The molecule has 1 aromatic heterocycles. The van der Waals surface area contributed by atoms with E-state index in [-0.39, 0.29) is 18.4 Å². The minimum Gasteiger partial charge on any atom is -0.495 e. The van der Waals surface area contributed by atoms with E-state index in [9.17, 15) is 9.59 Å². The Morgan fingerprint density at radius 2 is 2.16 bits per heavy atom. The Balaban J connectivity index is 1.90. The van der Waals surface area contributed by atoms with E-state index < -0.39 is 0 Å². The molecule has 3 rings (SSSR count). The smallest absolute Gasteiger partial charge is 0.257 e. The van der Waals surface area contributed by atoms with Gasteiger partial charge in [0.25, 0.3) is 5.91 Å². The second kappa shape index (κ2) is 6.60. The molecule has 0 fully saturated rings. The van der Waals surface area contributed by atoms with Gasteiger partial charge in [0.2, 0.25) is 5.91 Å². The number of hydrogen-bond donors (Lipinski definition) is 2. The third-order valence-electron chi connectivity index (χ3n) is 4.00. The van der Waals surface area contributed by atoms with Crippen LogP contribution in [-0.2, 0) is 4.79 Å². The Morgan fingerprint density at radius 3 is 2.88 bits per heavy atom. The number of amides is 2. The van der Waals surface area contributed by atoms with Gasteiger partial charge < -0.3 is 20.3 Å². The lowest BCUT2D eigenvalue weighted by atomic mass is 10.1. The van der Waals surface area contributed by atoms with Crippen LogP contribution in [0.5, 0.6) is 5.75 Å². The van der Waals surface area contributed by atoms with Crippen LogP contribution in [-0.4, -0.2) is 37.5 Å². The number of fused-ring (bicyclic) bond motifs is 1. The average molecular weight is 361 g/mol. The number of ether oxygens (including phenoxy) is 1. The molecule has 0 unspecified atom stereocenters. The van der Waals surface area contributed by atoms with Crippen LogP contribution in [0.1, 0.15) is 15.9 Å². The molecule has 130 valence electrons. The maximum Gasteiger partial charge on any atom is 0.257 e. The quantitative estimate of drug-likeness (QED) is 0.879. The predicted molar refractivity (Wildman–Crippen MR) is 96.8 cm³/mol. The van der Waals surface area contributed by atoms with Gasteiger partial charge in [-0.25, -0.2) is 4.98 Å². The van der Waals surface area contributed by atoms with Crippen LogP contribution < -0.4 is 20.3 Å². The topological polar surface area (TPSA) is 83.6 Å². The Kier molecular flexibility index (Phi) is 4.50. The van der Waals surface area contributed by atoms with Crippen molar-refractivity contribution in [3.05, 3.63) is 40.5 Å². The fourth-order valence-corrected chi connectivity index (χ4v) is 2.66. The van der Waals surface area contributed by atoms with Crippen molar-refractivity contribution in [1.29, 1.82) is 0 Å². The highest BCUT2D eigenvalue weighted by molar-refractivity contribution is 6.31. The van der Waals surface area contributed by atoms with E-state index in [4.69, 9.17) is 16.3 Å². The number of rotatable bonds is 3. The van der Waals surface area contributed by atoms with Crippen molar-refractivity contribution in [2.75, 3.05) is 36.2 Å². The molecular formula is C17H17ClN4O3. The van der Waals surface area contributed by atoms with Crippen molar-refractivity contribution in [1.82, 2.24) is 4.98 Å². The van der Waals surface area contributed by atoms with Crippen LogP contribution >= 0.6 is 11.6 Å². The molecule has 0 atom stereocenters. The lowest BCUT2D eigenvalue weighted by molar-refractivity contribution is -0.116. The van der Waals surface area contributed by atoms with Gasteiger partial charge in [0.1, 0.15) is 11.6 Å². The molecule has 2 aromatic rings. The summed E-state index contributed by atoms with van der Waals surface area (Å²) in [6, 6.07) is 5.01. The summed E-state index contributed by atoms with van der Waals surface area (Å²) in [5.74, 6) is 0.575. The van der Waals surface area contributed by atoms with Gasteiger partial charge in [-0.3, -0.25) is 9.59 Å². The highest BCUT2D eigenvalue weighted by Gasteiger charge is 2.23. The van der Waals surface area contributed by atoms with Gasteiger partial charge >= 0.3 is 0 Å². The molecule has 0 radical (unpaired) electrons. The van der Waals surface area contributed by atoms with Gasteiger partial charge in [0.05, 0.1) is 30.6 Å². The lowest BCUT2D eigenvalue weighted by Gasteiger charge is -2.26. The zero-order valence-corrected chi connectivity index (χ0v) is 14.8. The number of benzene rings is 1. The zero-order chi connectivity index (χ0) is 18.1. The summed E-state index contributed by atoms with van der Waals surface area (Å²) in [4.78, 5) is 30.1. The van der Waals surface area contributed by atoms with Crippen molar-refractivity contribution in [2.45, 2.75) is 6.92 Å². The molecule has 0 aliphatic carbocycles. The van der Waals surface area contributed by atoms with Gasteiger partial charge in [-0.05, 0) is 24.6 Å². The summed E-state index contributed by atoms with van der Waals surface area (Å²) in [6.45, 7) is 2.02. The summed E-state index contributed by atoms with van der Waals surface area (Å²) in [5, 5.41) is 6.27. The first-order valence-corrected chi connectivity index (χ1v) is 7.94. The minimum atomic E-state index is -0.359. The van der Waals surface area contributed by atoms with Crippen molar-refractivity contribution >= 4 is 40.6 Å². The Morgan fingerprint density at radius 1 is 1.40 bits per heavy atom. The number of aromatic nitrogens is 1. The van der Waals surface area contributed by atoms with Crippen molar-refractivity contribution in [2.24, 2.45) is 0 Å². The highest BCUT2D eigenvalue weighted by Crippen LogP contribution is 2.32. The first kappa shape index (κ1) is 17.0. The van der Waals surface area contributed by atoms with Gasteiger partial charge in [0, 0.05) is 24.3 Å². The van der Waals surface area contributed by atoms with Crippen LogP contribution in [0.4, 0.5) is 17.2 Å². The lowest BCUT2D eigenvalue weighted by Crippen LogP contribution is -2.37. The number of aryl methyl sites for hydroxylation is 1. The van der Waals surface area contributed by atoms with E-state index in [1.807, 2.05) is 6.92 Å². The number of pyridine rings is 1. The molecular weight excluding hydrogens is 344 g/mol. The number of likely N-dealkylation sites (N-methyl/N-ethyl adjacent to an activating group) is 1. The van der Waals surface area contributed by atoms with Gasteiger partial charge in [-0.1, -0.05) is 11.6 Å². The number of nitrogens with zero attached hydrogens (tertiary/aromatic N) is 2. The molecule has 8 heteroatoms. The van der Waals surface area contributed by atoms with E-state index in [1.54, 1.807) is 25.2 Å². The standard InChI is InChI=1S/C17H17ClN4O3/c1-9-4-12(14(25-3)6-11(9)18)21-17(24)10-5-13-16(19-7-10)20-8-15(23)22(13)2/h4-7H,8H2,1-3H3,(H,19,20)(H,21,24). The van der Waals surface area contributed by atoms with Crippen molar-refractivity contribution < 1.29 is 14.3 Å². The molecule has 0 spiro atoms. The van der Waals surface area contributed by atoms with E-state index in [1.165, 1.54) is 18.2 Å². The monoisotopic (exact) mass is 360 g/mol. The van der Waals surface area contributed by atoms with Gasteiger partial charge in [0.15, 0.2) is 0 Å². The normalized spacial score (nSPS) is 13.1. The Hall–Kier alpha value is -2.80. The first-order chi connectivity index (χ1) is 11.9. The molecule has 1 aliphatic rings. The van der Waals surface area contributed by atoms with E-state index in [2.05, 4.69) is 15.6 Å². The maximum atomic E-state index is 12.6. The zero-order valence-electron chi connectivity index (χ0n) is 14.0. The molecule has 1 aliphatic heterocycles. The number of carbonyl (C=O) groups excluding carboxylic acids is 2. The largest absolute Gasteiger partial charge is 0.495 e. The summed E-state index contributed by atoms with van der Waals surface area (Å²) in [5.41, 5.74) is 2.21. The average Bonchev–Trinajstić information content (AvgIpc) is 2.60. The van der Waals surface area contributed by atoms with Crippen molar-refractivity contribution in [3.63, 3.8) is 0 Å². The number of nitrogens with one attached hydrogen (secondary N) is 2. The van der Waals surface area contributed by atoms with E-state index in [0.29, 0.717) is 33.5 Å². The first-order valence-electron chi connectivity index (χ1n) is 7.56. The minimum absolute atomic E-state index is 0.0955. The van der Waals surface area contributed by atoms with Gasteiger partial charge in [-0.2, -0.15) is 0 Å². The van der Waals surface area contributed by atoms with Crippen LogP contribution in [0.25, 0.3) is 0 Å². The molecule has 25 heavy (non-hydrogen) atoms. The molecule has 2 amide bonds. The van der Waals surface area contributed by atoms with E-state index in [0.717, 1.165) is 5.56 Å². The van der Waals surface area contributed by atoms with Crippen LogP contribution in [0.2, 0.25) is 5.02 Å². The highest BCUT2D eigenvalue weighted by atomic mass is 35.5. The third kappa shape index (κ3) is 3.23. The molecule has 7 nitrogen and oxygen atoms in total. The van der Waals surface area contributed by atoms with Crippen LogP contribution in [0, 0.1) is 6.92 Å². The summed E-state index contributed by atoms with van der Waals surface area (Å²) in [7, 11) is 3.15. The summed E-state index contributed by atoms with van der Waals surface area (Å²) < 4.78 is 5.26. The fraction of sp³-hybridized carbons (Fsp3) is 0.235. The van der Waals surface area contributed by atoms with Crippen molar-refractivity contribution in [3.8, 4) is 5.75 Å². The number of carbonyl (C=O) groups is 2. The summed E-state index contributed by atoms with van der Waals surface area (Å²) in [6.07, 6.45) is 1.46. The number of methoxy groups -OCH3 is 1. The van der Waals surface area contributed by atoms with E-state index >= 15 is 0 Å². The Bertz CT molecular complexity index is 869. The molecule has 0 bridgehead atoms. The second-order valence-corrected chi connectivity index (χ2v) is 6.06. The molecule has 2 N–H and O–H groups in total. The number of hydrogen-bond acceptors (Lipinski definition) is 5. The maximum absolute atomic E-state index is 12.6. The molecule has 1 aromatic carbocycles. The third-order valence-corrected chi connectivity index (χ3v) is 4.41. The number of anilines is 3. The predicted octanol–water partition coefficient (Wildman–Crippen LogP) is 2.69. The molecule has 2 heterocycles. The van der Waals surface area contributed by atoms with Crippen LogP contribution in [0.15, 0.2) is 24.4 Å². The number of halogens is 1. The van der Waals surface area contributed by atoms with Gasteiger partial charge in [-0.15, -0.1) is 0 Å². The fourth-order valence-electron chi connectivity index (χ4n) is 2.51. The Labute approximate surface area is 149 Å². The summed E-state index contributed by atoms with van der Waals surface area (Å²) >= 11 is 6.08. The molecule has 0 saturated heterocycles. The van der Waals surface area contributed by atoms with Crippen LogP contribution in [0.3, 0.4) is 0 Å².